The molecule has 0 atom stereocenters. The summed E-state index contributed by atoms with van der Waals surface area (Å²) in [5.41, 5.74) is 2.74. The van der Waals surface area contributed by atoms with Crippen LogP contribution in [0.1, 0.15) is 24.0 Å². The molecule has 1 rings (SSSR count). The van der Waals surface area contributed by atoms with Gasteiger partial charge in [0.1, 0.15) is 0 Å². The Morgan fingerprint density at radius 1 is 1.06 bits per heavy atom. The van der Waals surface area contributed by atoms with E-state index in [4.69, 9.17) is 9.47 Å². The van der Waals surface area contributed by atoms with Crippen molar-refractivity contribution in [3.63, 3.8) is 0 Å². The van der Waals surface area contributed by atoms with Crippen molar-refractivity contribution in [2.75, 3.05) is 33.5 Å². The van der Waals surface area contributed by atoms with Crippen molar-refractivity contribution in [2.45, 2.75) is 26.3 Å². The molecule has 0 aromatic heterocycles. The minimum atomic E-state index is 0.686. The van der Waals surface area contributed by atoms with Crippen LogP contribution in [-0.4, -0.2) is 33.5 Å². The number of nitrogens with one attached hydrogen (secondary N) is 1. The van der Waals surface area contributed by atoms with Gasteiger partial charge in [-0.25, -0.2) is 0 Å². The van der Waals surface area contributed by atoms with Crippen molar-refractivity contribution in [3.05, 3.63) is 35.4 Å². The van der Waals surface area contributed by atoms with E-state index in [0.717, 1.165) is 32.5 Å². The predicted molar refractivity (Wildman–Crippen MR) is 74.8 cm³/mol. The van der Waals surface area contributed by atoms with Gasteiger partial charge in [-0.05, 0) is 37.4 Å². The van der Waals surface area contributed by atoms with Crippen LogP contribution in [0, 0.1) is 6.92 Å². The van der Waals surface area contributed by atoms with Gasteiger partial charge < -0.3 is 14.8 Å². The van der Waals surface area contributed by atoms with Crippen molar-refractivity contribution in [1.82, 2.24) is 5.32 Å². The lowest BCUT2D eigenvalue weighted by Crippen LogP contribution is -2.16. The summed E-state index contributed by atoms with van der Waals surface area (Å²) in [5.74, 6) is 0. The van der Waals surface area contributed by atoms with Crippen LogP contribution in [0.2, 0.25) is 0 Å². The molecule has 0 amide bonds. The Morgan fingerprint density at radius 3 is 2.67 bits per heavy atom. The SMILES string of the molecule is COCCOCCCCNCc1ccccc1C. The minimum Gasteiger partial charge on any atom is -0.382 e. The van der Waals surface area contributed by atoms with E-state index in [1.54, 1.807) is 7.11 Å². The Kier molecular flexibility index (Phi) is 8.47. The topological polar surface area (TPSA) is 30.5 Å². The monoisotopic (exact) mass is 251 g/mol. The number of hydrogen-bond donors (Lipinski definition) is 1. The molecule has 0 bridgehead atoms. The summed E-state index contributed by atoms with van der Waals surface area (Å²) in [7, 11) is 1.69. The average molecular weight is 251 g/mol. The standard InChI is InChI=1S/C15H25NO2/c1-14-7-3-4-8-15(14)13-16-9-5-6-10-18-12-11-17-2/h3-4,7-8,16H,5-6,9-13H2,1-2H3. The normalized spacial score (nSPS) is 10.8. The number of rotatable bonds is 10. The molecule has 3 nitrogen and oxygen atoms in total. The van der Waals surface area contributed by atoms with Crippen molar-refractivity contribution < 1.29 is 9.47 Å². The number of ether oxygens (including phenoxy) is 2. The summed E-state index contributed by atoms with van der Waals surface area (Å²) < 4.78 is 10.3. The first-order valence-electron chi connectivity index (χ1n) is 6.66. The first-order chi connectivity index (χ1) is 8.84. The highest BCUT2D eigenvalue weighted by Gasteiger charge is 1.96. The Labute approximate surface area is 110 Å². The van der Waals surface area contributed by atoms with Gasteiger partial charge in [-0.2, -0.15) is 0 Å². The Hall–Kier alpha value is -0.900. The quantitative estimate of drug-likeness (QED) is 0.648. The average Bonchev–Trinajstić information content (AvgIpc) is 2.39. The second-order valence-corrected chi connectivity index (χ2v) is 4.42. The number of hydrogen-bond acceptors (Lipinski definition) is 3. The minimum absolute atomic E-state index is 0.686. The summed E-state index contributed by atoms with van der Waals surface area (Å²) in [5, 5.41) is 3.46. The van der Waals surface area contributed by atoms with Crippen LogP contribution in [0.25, 0.3) is 0 Å². The third-order valence-corrected chi connectivity index (χ3v) is 2.90. The third-order valence-electron chi connectivity index (χ3n) is 2.90. The number of unbranched alkanes of at least 4 members (excludes halogenated alkanes) is 1. The van der Waals surface area contributed by atoms with Gasteiger partial charge in [-0.1, -0.05) is 24.3 Å². The maximum Gasteiger partial charge on any atom is 0.0700 e. The van der Waals surface area contributed by atoms with Crippen LogP contribution in [0.3, 0.4) is 0 Å². The van der Waals surface area contributed by atoms with E-state index in [0.29, 0.717) is 13.2 Å². The maximum absolute atomic E-state index is 5.41. The molecule has 1 N–H and O–H groups in total. The van der Waals surface area contributed by atoms with E-state index < -0.39 is 0 Å². The number of methoxy groups -OCH3 is 1. The zero-order valence-electron chi connectivity index (χ0n) is 11.6. The summed E-state index contributed by atoms with van der Waals surface area (Å²) >= 11 is 0. The Balaban J connectivity index is 1.94. The van der Waals surface area contributed by atoms with Crippen LogP contribution in [0.15, 0.2) is 24.3 Å². The molecular formula is C15H25NO2. The fourth-order valence-corrected chi connectivity index (χ4v) is 1.73. The molecule has 0 radical (unpaired) electrons. The first-order valence-corrected chi connectivity index (χ1v) is 6.66. The molecular weight excluding hydrogens is 226 g/mol. The fourth-order valence-electron chi connectivity index (χ4n) is 1.73. The number of benzene rings is 1. The summed E-state index contributed by atoms with van der Waals surface area (Å²) in [6.45, 7) is 6.37. The lowest BCUT2D eigenvalue weighted by Gasteiger charge is -2.07. The van der Waals surface area contributed by atoms with Crippen LogP contribution < -0.4 is 5.32 Å². The largest absolute Gasteiger partial charge is 0.382 e. The van der Waals surface area contributed by atoms with Gasteiger partial charge in [0.2, 0.25) is 0 Å². The molecule has 0 aliphatic rings. The molecule has 0 heterocycles. The van der Waals surface area contributed by atoms with Crippen LogP contribution in [0.5, 0.6) is 0 Å². The zero-order chi connectivity index (χ0) is 13.1. The van der Waals surface area contributed by atoms with E-state index in [-0.39, 0.29) is 0 Å². The maximum atomic E-state index is 5.41. The highest BCUT2D eigenvalue weighted by Crippen LogP contribution is 2.05. The molecule has 1 aromatic carbocycles. The highest BCUT2D eigenvalue weighted by molar-refractivity contribution is 5.25. The zero-order valence-corrected chi connectivity index (χ0v) is 11.6. The molecule has 0 saturated carbocycles. The van der Waals surface area contributed by atoms with Gasteiger partial charge in [-0.3, -0.25) is 0 Å². The predicted octanol–water partition coefficient (Wildman–Crippen LogP) is 2.53. The second kappa shape index (κ2) is 10.1. The van der Waals surface area contributed by atoms with Gasteiger partial charge in [0.25, 0.3) is 0 Å². The lowest BCUT2D eigenvalue weighted by molar-refractivity contribution is 0.0688. The molecule has 0 saturated heterocycles. The van der Waals surface area contributed by atoms with Crippen molar-refractivity contribution >= 4 is 0 Å². The van der Waals surface area contributed by atoms with Gasteiger partial charge in [0.15, 0.2) is 0 Å². The molecule has 102 valence electrons. The Morgan fingerprint density at radius 2 is 1.89 bits per heavy atom. The molecule has 1 aromatic rings. The van der Waals surface area contributed by atoms with Crippen molar-refractivity contribution in [1.29, 1.82) is 0 Å². The van der Waals surface area contributed by atoms with Crippen LogP contribution >= 0.6 is 0 Å². The summed E-state index contributed by atoms with van der Waals surface area (Å²) in [4.78, 5) is 0. The number of aryl methyl sites for hydroxylation is 1. The van der Waals surface area contributed by atoms with Crippen LogP contribution in [0.4, 0.5) is 0 Å². The molecule has 0 aliphatic carbocycles. The molecule has 0 unspecified atom stereocenters. The second-order valence-electron chi connectivity index (χ2n) is 4.42. The highest BCUT2D eigenvalue weighted by atomic mass is 16.5. The smallest absolute Gasteiger partial charge is 0.0700 e. The van der Waals surface area contributed by atoms with Crippen LogP contribution in [-0.2, 0) is 16.0 Å². The third kappa shape index (κ3) is 6.74. The van der Waals surface area contributed by atoms with Crippen molar-refractivity contribution in [2.24, 2.45) is 0 Å². The fraction of sp³-hybridized carbons (Fsp3) is 0.600. The van der Waals surface area contributed by atoms with Crippen molar-refractivity contribution in [3.8, 4) is 0 Å². The molecule has 3 heteroatoms. The molecule has 0 fully saturated rings. The van der Waals surface area contributed by atoms with Gasteiger partial charge in [-0.15, -0.1) is 0 Å². The van der Waals surface area contributed by atoms with E-state index in [1.165, 1.54) is 11.1 Å². The van der Waals surface area contributed by atoms with E-state index in [9.17, 15) is 0 Å². The molecule has 0 spiro atoms. The van der Waals surface area contributed by atoms with Gasteiger partial charge >= 0.3 is 0 Å². The lowest BCUT2D eigenvalue weighted by atomic mass is 10.1. The van der Waals surface area contributed by atoms with E-state index in [2.05, 4.69) is 36.5 Å². The summed E-state index contributed by atoms with van der Waals surface area (Å²) in [6.07, 6.45) is 2.25. The molecule has 18 heavy (non-hydrogen) atoms. The van der Waals surface area contributed by atoms with E-state index >= 15 is 0 Å². The first kappa shape index (κ1) is 15.2. The molecule has 0 aliphatic heterocycles. The van der Waals surface area contributed by atoms with Gasteiger partial charge in [0.05, 0.1) is 13.2 Å². The van der Waals surface area contributed by atoms with Gasteiger partial charge in [0, 0.05) is 20.3 Å². The Bertz CT molecular complexity index is 315. The van der Waals surface area contributed by atoms with E-state index in [1.807, 2.05) is 0 Å². The summed E-state index contributed by atoms with van der Waals surface area (Å²) in [6, 6.07) is 8.50.